The number of carbonyl (C=O) groups is 2. The average molecular weight is 353 g/mol. The van der Waals surface area contributed by atoms with E-state index in [9.17, 15) is 9.59 Å². The van der Waals surface area contributed by atoms with Gasteiger partial charge in [-0.2, -0.15) is 0 Å². The van der Waals surface area contributed by atoms with Crippen molar-refractivity contribution in [2.75, 3.05) is 25.5 Å². The molecule has 3 rings (SSSR count). The fraction of sp³-hybridized carbons (Fsp3) is 0.350. The van der Waals surface area contributed by atoms with Crippen LogP contribution in [0.25, 0.3) is 0 Å². The van der Waals surface area contributed by atoms with Crippen LogP contribution >= 0.6 is 0 Å². The Balaban J connectivity index is 1.70. The number of hydrogen-bond acceptors (Lipinski definition) is 5. The molecule has 1 fully saturated rings. The molecular formula is C20H23N3O3. The van der Waals surface area contributed by atoms with Crippen LogP contribution in [-0.2, 0) is 4.74 Å². The fourth-order valence-corrected chi connectivity index (χ4v) is 3.04. The van der Waals surface area contributed by atoms with Crippen LogP contribution in [0.4, 0.5) is 11.5 Å². The summed E-state index contributed by atoms with van der Waals surface area (Å²) in [6.07, 6.45) is 6.14. The zero-order chi connectivity index (χ0) is 18.4. The minimum atomic E-state index is -0.375. The molecule has 2 aromatic rings. The van der Waals surface area contributed by atoms with Gasteiger partial charge in [-0.3, -0.25) is 4.79 Å². The molecule has 1 aromatic carbocycles. The van der Waals surface area contributed by atoms with Crippen LogP contribution in [0, 0.1) is 0 Å². The summed E-state index contributed by atoms with van der Waals surface area (Å²) >= 11 is 0. The van der Waals surface area contributed by atoms with Crippen molar-refractivity contribution in [2.24, 2.45) is 0 Å². The summed E-state index contributed by atoms with van der Waals surface area (Å²) in [5.74, 6) is 0.273. The lowest BCUT2D eigenvalue weighted by Crippen LogP contribution is -2.31. The molecule has 1 amide bonds. The van der Waals surface area contributed by atoms with Crippen molar-refractivity contribution in [1.82, 2.24) is 9.88 Å². The molecule has 0 aliphatic carbocycles. The molecule has 6 nitrogen and oxygen atoms in total. The van der Waals surface area contributed by atoms with E-state index in [2.05, 4.69) is 15.0 Å². The molecule has 136 valence electrons. The predicted octanol–water partition coefficient (Wildman–Crippen LogP) is 3.63. The second-order valence-electron chi connectivity index (χ2n) is 6.33. The van der Waals surface area contributed by atoms with Gasteiger partial charge < -0.3 is 15.0 Å². The standard InChI is InChI=1S/C20H23N3O3/c1-26-20(25)15-6-8-17(9-7-15)22-18-14-16(10-11-21-18)19(24)23-12-4-2-3-5-13-23/h6-11,14H,2-5,12-13H2,1H3,(H,21,22). The maximum atomic E-state index is 12.7. The van der Waals surface area contributed by atoms with Crippen molar-refractivity contribution in [3.8, 4) is 0 Å². The number of benzene rings is 1. The van der Waals surface area contributed by atoms with Crippen LogP contribution in [-0.4, -0.2) is 42.0 Å². The SMILES string of the molecule is COC(=O)c1ccc(Nc2cc(C(=O)N3CCCCCC3)ccn2)cc1. The fourth-order valence-electron chi connectivity index (χ4n) is 3.04. The Labute approximate surface area is 153 Å². The first-order valence-corrected chi connectivity index (χ1v) is 8.88. The van der Waals surface area contributed by atoms with Gasteiger partial charge in [-0.05, 0) is 49.2 Å². The number of carbonyl (C=O) groups excluding carboxylic acids is 2. The molecule has 0 spiro atoms. The second kappa shape index (κ2) is 8.47. The van der Waals surface area contributed by atoms with E-state index in [1.165, 1.54) is 20.0 Å². The van der Waals surface area contributed by atoms with Gasteiger partial charge in [-0.25, -0.2) is 9.78 Å². The number of anilines is 2. The van der Waals surface area contributed by atoms with Crippen LogP contribution < -0.4 is 5.32 Å². The van der Waals surface area contributed by atoms with E-state index in [4.69, 9.17) is 0 Å². The van der Waals surface area contributed by atoms with Gasteiger partial charge in [-0.15, -0.1) is 0 Å². The number of hydrogen-bond donors (Lipinski definition) is 1. The van der Waals surface area contributed by atoms with Gasteiger partial charge in [0, 0.05) is 30.5 Å². The Morgan fingerprint density at radius 3 is 2.35 bits per heavy atom. The molecule has 2 heterocycles. The van der Waals surface area contributed by atoms with E-state index < -0.39 is 0 Å². The molecule has 0 bridgehead atoms. The predicted molar refractivity (Wildman–Crippen MR) is 99.7 cm³/mol. The molecule has 0 radical (unpaired) electrons. The average Bonchev–Trinajstić information content (AvgIpc) is 2.97. The minimum absolute atomic E-state index is 0.0541. The van der Waals surface area contributed by atoms with Gasteiger partial charge >= 0.3 is 5.97 Å². The first kappa shape index (κ1) is 17.9. The molecule has 0 atom stereocenters. The number of esters is 1. The van der Waals surface area contributed by atoms with Crippen molar-refractivity contribution < 1.29 is 14.3 Å². The summed E-state index contributed by atoms with van der Waals surface area (Å²) in [7, 11) is 1.35. The van der Waals surface area contributed by atoms with E-state index in [0.29, 0.717) is 16.9 Å². The molecule has 1 aliphatic heterocycles. The zero-order valence-electron chi connectivity index (χ0n) is 14.9. The highest BCUT2D eigenvalue weighted by Gasteiger charge is 2.17. The number of nitrogens with one attached hydrogen (secondary N) is 1. The largest absolute Gasteiger partial charge is 0.465 e. The summed E-state index contributed by atoms with van der Waals surface area (Å²) in [4.78, 5) is 30.4. The Hall–Kier alpha value is -2.89. The van der Waals surface area contributed by atoms with Crippen molar-refractivity contribution in [2.45, 2.75) is 25.7 Å². The zero-order valence-corrected chi connectivity index (χ0v) is 14.9. The molecule has 26 heavy (non-hydrogen) atoms. The van der Waals surface area contributed by atoms with Crippen LogP contribution in [0.2, 0.25) is 0 Å². The number of aromatic nitrogens is 1. The normalized spacial score (nSPS) is 14.4. The summed E-state index contributed by atoms with van der Waals surface area (Å²) in [5.41, 5.74) is 1.90. The van der Waals surface area contributed by atoms with Gasteiger partial charge in [0.1, 0.15) is 5.82 Å². The van der Waals surface area contributed by atoms with Crippen molar-refractivity contribution in [1.29, 1.82) is 0 Å². The molecule has 1 saturated heterocycles. The highest BCUT2D eigenvalue weighted by molar-refractivity contribution is 5.95. The van der Waals surface area contributed by atoms with Gasteiger partial charge in [0.25, 0.3) is 5.91 Å². The smallest absolute Gasteiger partial charge is 0.337 e. The summed E-state index contributed by atoms with van der Waals surface area (Å²) in [6.45, 7) is 1.64. The Kier molecular flexibility index (Phi) is 5.84. The first-order valence-electron chi connectivity index (χ1n) is 8.88. The second-order valence-corrected chi connectivity index (χ2v) is 6.33. The highest BCUT2D eigenvalue weighted by Crippen LogP contribution is 2.19. The van der Waals surface area contributed by atoms with E-state index >= 15 is 0 Å². The third-order valence-corrected chi connectivity index (χ3v) is 4.48. The number of likely N-dealkylation sites (tertiary alicyclic amines) is 1. The molecule has 1 N–H and O–H groups in total. The van der Waals surface area contributed by atoms with Crippen LogP contribution in [0.15, 0.2) is 42.6 Å². The van der Waals surface area contributed by atoms with E-state index in [1.54, 1.807) is 42.6 Å². The molecule has 6 heteroatoms. The quantitative estimate of drug-likeness (QED) is 0.850. The molecule has 0 saturated carbocycles. The topological polar surface area (TPSA) is 71.5 Å². The van der Waals surface area contributed by atoms with Crippen LogP contribution in [0.5, 0.6) is 0 Å². The first-order chi connectivity index (χ1) is 12.7. The maximum Gasteiger partial charge on any atom is 0.337 e. The molecule has 0 unspecified atom stereocenters. The molecule has 1 aromatic heterocycles. The Morgan fingerprint density at radius 1 is 1.00 bits per heavy atom. The van der Waals surface area contributed by atoms with E-state index in [-0.39, 0.29) is 11.9 Å². The Bertz CT molecular complexity index is 766. The number of rotatable bonds is 4. The van der Waals surface area contributed by atoms with Crippen LogP contribution in [0.3, 0.4) is 0 Å². The summed E-state index contributed by atoms with van der Waals surface area (Å²) in [5, 5.41) is 3.16. The van der Waals surface area contributed by atoms with E-state index in [0.717, 1.165) is 31.6 Å². The maximum absolute atomic E-state index is 12.7. The number of ether oxygens (including phenoxy) is 1. The lowest BCUT2D eigenvalue weighted by atomic mass is 10.2. The lowest BCUT2D eigenvalue weighted by molar-refractivity contribution is 0.0600. The van der Waals surface area contributed by atoms with Gasteiger partial charge in [0.05, 0.1) is 12.7 Å². The number of nitrogens with zero attached hydrogens (tertiary/aromatic N) is 2. The Morgan fingerprint density at radius 2 is 1.69 bits per heavy atom. The molecule has 1 aliphatic rings. The third kappa shape index (κ3) is 4.39. The monoisotopic (exact) mass is 353 g/mol. The van der Waals surface area contributed by atoms with Gasteiger partial charge in [-0.1, -0.05) is 12.8 Å². The van der Waals surface area contributed by atoms with Gasteiger partial charge in [0.2, 0.25) is 0 Å². The minimum Gasteiger partial charge on any atom is -0.465 e. The lowest BCUT2D eigenvalue weighted by Gasteiger charge is -2.20. The summed E-state index contributed by atoms with van der Waals surface area (Å²) in [6, 6.07) is 10.4. The third-order valence-electron chi connectivity index (χ3n) is 4.48. The van der Waals surface area contributed by atoms with Crippen molar-refractivity contribution in [3.05, 3.63) is 53.7 Å². The van der Waals surface area contributed by atoms with E-state index in [1.807, 2.05) is 4.90 Å². The highest BCUT2D eigenvalue weighted by atomic mass is 16.5. The molecular weight excluding hydrogens is 330 g/mol. The van der Waals surface area contributed by atoms with Gasteiger partial charge in [0.15, 0.2) is 0 Å². The number of methoxy groups -OCH3 is 1. The van der Waals surface area contributed by atoms with Crippen molar-refractivity contribution in [3.63, 3.8) is 0 Å². The van der Waals surface area contributed by atoms with Crippen LogP contribution in [0.1, 0.15) is 46.4 Å². The number of pyridine rings is 1. The number of amides is 1. The van der Waals surface area contributed by atoms with Crippen molar-refractivity contribution >= 4 is 23.4 Å². The summed E-state index contributed by atoms with van der Waals surface area (Å²) < 4.78 is 4.69.